The Morgan fingerprint density at radius 2 is 1.80 bits per heavy atom. The van der Waals surface area contributed by atoms with Crippen LogP contribution in [0.15, 0.2) is 12.1 Å². The van der Waals surface area contributed by atoms with Crippen molar-refractivity contribution in [2.45, 2.75) is 20.3 Å². The summed E-state index contributed by atoms with van der Waals surface area (Å²) in [5.74, 6) is -2.51. The maximum absolute atomic E-state index is 13.2. The normalized spacial score (nSPS) is 10.1. The van der Waals surface area contributed by atoms with Gasteiger partial charge >= 0.3 is 0 Å². The smallest absolute Gasteiger partial charge is 0.173 e. The highest BCUT2D eigenvalue weighted by molar-refractivity contribution is 6.07. The molecule has 1 aromatic rings. The zero-order valence-corrected chi connectivity index (χ0v) is 8.43. The summed E-state index contributed by atoms with van der Waals surface area (Å²) in [7, 11) is 0. The Bertz CT molecular complexity index is 425. The molecule has 0 aliphatic heterocycles. The lowest BCUT2D eigenvalue weighted by Gasteiger charge is -2.03. The Morgan fingerprint density at radius 1 is 1.20 bits per heavy atom. The summed E-state index contributed by atoms with van der Waals surface area (Å²) in [4.78, 5) is 22.0. The third kappa shape index (κ3) is 2.68. The van der Waals surface area contributed by atoms with Gasteiger partial charge in [0.1, 0.15) is 17.4 Å². The number of Topliss-reactive ketones (excluding diaryl/α,β-unsaturated/α-hetero) is 2. The second kappa shape index (κ2) is 4.29. The van der Waals surface area contributed by atoms with Crippen molar-refractivity contribution >= 4 is 11.6 Å². The van der Waals surface area contributed by atoms with E-state index in [9.17, 15) is 18.4 Å². The summed E-state index contributed by atoms with van der Waals surface area (Å²) in [6.45, 7) is 2.62. The van der Waals surface area contributed by atoms with Gasteiger partial charge in [-0.05, 0) is 31.5 Å². The van der Waals surface area contributed by atoms with Crippen molar-refractivity contribution < 1.29 is 18.4 Å². The third-order valence-electron chi connectivity index (χ3n) is 1.96. The molecule has 15 heavy (non-hydrogen) atoms. The lowest BCUT2D eigenvalue weighted by molar-refractivity contribution is -0.116. The molecule has 2 nitrogen and oxygen atoms in total. The van der Waals surface area contributed by atoms with Crippen molar-refractivity contribution in [3.63, 3.8) is 0 Å². The lowest BCUT2D eigenvalue weighted by Crippen LogP contribution is -2.08. The fourth-order valence-electron chi connectivity index (χ4n) is 1.18. The first-order chi connectivity index (χ1) is 6.91. The Morgan fingerprint density at radius 3 is 2.33 bits per heavy atom. The molecule has 0 radical (unpaired) electrons. The molecule has 0 bridgehead atoms. The molecule has 1 aromatic carbocycles. The Kier molecular flexibility index (Phi) is 3.29. The predicted molar refractivity (Wildman–Crippen MR) is 50.7 cm³/mol. The maximum Gasteiger partial charge on any atom is 0.173 e. The average Bonchev–Trinajstić information content (AvgIpc) is 2.09. The Labute approximate surface area is 85.9 Å². The maximum atomic E-state index is 13.2. The van der Waals surface area contributed by atoms with E-state index in [1.807, 2.05) is 0 Å². The first-order valence-electron chi connectivity index (χ1n) is 4.40. The number of carbonyl (C=O) groups excluding carboxylic acids is 2. The molecule has 1 rings (SSSR count). The molecule has 0 aliphatic rings. The van der Waals surface area contributed by atoms with Crippen LogP contribution in [-0.2, 0) is 4.79 Å². The SMILES string of the molecule is CC(=O)CC(=O)c1cc(F)c(C)cc1F. The zero-order chi connectivity index (χ0) is 11.6. The van der Waals surface area contributed by atoms with Crippen LogP contribution in [0.25, 0.3) is 0 Å². The van der Waals surface area contributed by atoms with Crippen molar-refractivity contribution in [2.75, 3.05) is 0 Å². The first kappa shape index (κ1) is 11.5. The molecule has 0 aromatic heterocycles. The van der Waals surface area contributed by atoms with Gasteiger partial charge in [-0.1, -0.05) is 0 Å². The number of aryl methyl sites for hydroxylation is 1. The zero-order valence-electron chi connectivity index (χ0n) is 8.43. The number of benzene rings is 1. The van der Waals surface area contributed by atoms with Gasteiger partial charge in [0.15, 0.2) is 5.78 Å². The summed E-state index contributed by atoms with van der Waals surface area (Å²) >= 11 is 0. The van der Waals surface area contributed by atoms with E-state index in [-0.39, 0.29) is 16.9 Å². The molecule has 4 heteroatoms. The van der Waals surface area contributed by atoms with E-state index in [0.717, 1.165) is 12.1 Å². The largest absolute Gasteiger partial charge is 0.300 e. The van der Waals surface area contributed by atoms with Gasteiger partial charge in [0.05, 0.1) is 12.0 Å². The highest BCUT2D eigenvalue weighted by Gasteiger charge is 2.15. The van der Waals surface area contributed by atoms with Gasteiger partial charge in [0.2, 0.25) is 0 Å². The number of carbonyl (C=O) groups is 2. The fraction of sp³-hybridized carbons (Fsp3) is 0.273. The van der Waals surface area contributed by atoms with Crippen molar-refractivity contribution in [2.24, 2.45) is 0 Å². The number of rotatable bonds is 3. The molecule has 0 fully saturated rings. The average molecular weight is 212 g/mol. The fourth-order valence-corrected chi connectivity index (χ4v) is 1.18. The molecule has 80 valence electrons. The summed E-state index contributed by atoms with van der Waals surface area (Å²) < 4.78 is 26.3. The van der Waals surface area contributed by atoms with Crippen LogP contribution >= 0.6 is 0 Å². The molecule has 0 heterocycles. The van der Waals surface area contributed by atoms with Gasteiger partial charge in [-0.2, -0.15) is 0 Å². The van der Waals surface area contributed by atoms with E-state index in [4.69, 9.17) is 0 Å². The summed E-state index contributed by atoms with van der Waals surface area (Å²) in [5, 5.41) is 0. The van der Waals surface area contributed by atoms with E-state index in [1.165, 1.54) is 13.8 Å². The molecule has 0 saturated heterocycles. The van der Waals surface area contributed by atoms with Crippen LogP contribution in [0.4, 0.5) is 8.78 Å². The van der Waals surface area contributed by atoms with Gasteiger partial charge in [-0.3, -0.25) is 9.59 Å². The van der Waals surface area contributed by atoms with Gasteiger partial charge in [0.25, 0.3) is 0 Å². The van der Waals surface area contributed by atoms with Crippen LogP contribution in [0.3, 0.4) is 0 Å². The molecular weight excluding hydrogens is 202 g/mol. The van der Waals surface area contributed by atoms with E-state index >= 15 is 0 Å². The van der Waals surface area contributed by atoms with Crippen LogP contribution in [0.5, 0.6) is 0 Å². The molecule has 0 saturated carbocycles. The molecule has 0 N–H and O–H groups in total. The Hall–Kier alpha value is -1.58. The second-order valence-electron chi connectivity index (χ2n) is 3.38. The number of hydrogen-bond donors (Lipinski definition) is 0. The van der Waals surface area contributed by atoms with Crippen LogP contribution in [0.1, 0.15) is 29.3 Å². The molecule has 0 aliphatic carbocycles. The third-order valence-corrected chi connectivity index (χ3v) is 1.96. The minimum Gasteiger partial charge on any atom is -0.300 e. The first-order valence-corrected chi connectivity index (χ1v) is 4.40. The van der Waals surface area contributed by atoms with E-state index in [0.29, 0.717) is 0 Å². The molecule has 0 atom stereocenters. The number of ketones is 2. The molecule has 0 amide bonds. The predicted octanol–water partition coefficient (Wildman–Crippen LogP) is 2.44. The summed E-state index contributed by atoms with van der Waals surface area (Å²) in [6.07, 6.45) is -0.403. The van der Waals surface area contributed by atoms with E-state index in [1.54, 1.807) is 0 Å². The number of halogens is 2. The van der Waals surface area contributed by atoms with Crippen LogP contribution < -0.4 is 0 Å². The topological polar surface area (TPSA) is 34.1 Å². The summed E-state index contributed by atoms with van der Waals surface area (Å²) in [5.41, 5.74) is -0.236. The standard InChI is InChI=1S/C11H10F2O2/c1-6-3-10(13)8(5-9(6)12)11(15)4-7(2)14/h3,5H,4H2,1-2H3. The van der Waals surface area contributed by atoms with Crippen molar-refractivity contribution in [3.8, 4) is 0 Å². The Balaban J connectivity index is 3.09. The van der Waals surface area contributed by atoms with Crippen LogP contribution in [0, 0.1) is 18.6 Å². The minimum atomic E-state index is -0.792. The van der Waals surface area contributed by atoms with Crippen LogP contribution in [-0.4, -0.2) is 11.6 Å². The van der Waals surface area contributed by atoms with Crippen LogP contribution in [0.2, 0.25) is 0 Å². The highest BCUT2D eigenvalue weighted by atomic mass is 19.1. The van der Waals surface area contributed by atoms with Gasteiger partial charge < -0.3 is 0 Å². The molecular formula is C11H10F2O2. The van der Waals surface area contributed by atoms with E-state index < -0.39 is 23.8 Å². The molecule has 0 unspecified atom stereocenters. The quantitative estimate of drug-likeness (QED) is 0.569. The highest BCUT2D eigenvalue weighted by Crippen LogP contribution is 2.15. The van der Waals surface area contributed by atoms with Crippen molar-refractivity contribution in [1.29, 1.82) is 0 Å². The summed E-state index contributed by atoms with van der Waals surface area (Å²) in [6, 6.07) is 1.78. The van der Waals surface area contributed by atoms with E-state index in [2.05, 4.69) is 0 Å². The second-order valence-corrected chi connectivity index (χ2v) is 3.38. The number of hydrogen-bond acceptors (Lipinski definition) is 2. The van der Waals surface area contributed by atoms with Crippen molar-refractivity contribution in [1.82, 2.24) is 0 Å². The molecule has 0 spiro atoms. The van der Waals surface area contributed by atoms with Gasteiger partial charge in [0, 0.05) is 0 Å². The van der Waals surface area contributed by atoms with Gasteiger partial charge in [-0.15, -0.1) is 0 Å². The minimum absolute atomic E-state index is 0.131. The lowest BCUT2D eigenvalue weighted by atomic mass is 10.0. The van der Waals surface area contributed by atoms with Crippen molar-refractivity contribution in [3.05, 3.63) is 34.9 Å². The monoisotopic (exact) mass is 212 g/mol. The van der Waals surface area contributed by atoms with Gasteiger partial charge in [-0.25, -0.2) is 8.78 Å².